The van der Waals surface area contributed by atoms with E-state index in [-0.39, 0.29) is 36.7 Å². The molecule has 0 radical (unpaired) electrons. The number of likely N-dealkylation sites (tertiary alicyclic amines) is 1. The Labute approximate surface area is 335 Å². The van der Waals surface area contributed by atoms with E-state index in [9.17, 15) is 24.0 Å². The van der Waals surface area contributed by atoms with Gasteiger partial charge in [0, 0.05) is 69.5 Å². The molecule has 5 aliphatic rings. The predicted octanol–water partition coefficient (Wildman–Crippen LogP) is 2.15. The van der Waals surface area contributed by atoms with Crippen LogP contribution in [0.1, 0.15) is 87.9 Å². The van der Waals surface area contributed by atoms with Gasteiger partial charge in [0.15, 0.2) is 11.5 Å². The van der Waals surface area contributed by atoms with E-state index in [2.05, 4.69) is 50.2 Å². The lowest BCUT2D eigenvalue weighted by molar-refractivity contribution is -0.136. The maximum Gasteiger partial charge on any atom is 0.270 e. The van der Waals surface area contributed by atoms with Crippen LogP contribution in [0, 0.1) is 6.92 Å². The van der Waals surface area contributed by atoms with Gasteiger partial charge in [0.1, 0.15) is 23.6 Å². The minimum Gasteiger partial charge on any atom is -0.368 e. The molecular weight excluding hydrogens is 741 g/mol. The molecule has 17 nitrogen and oxygen atoms in total. The van der Waals surface area contributed by atoms with Gasteiger partial charge in [-0.1, -0.05) is 12.1 Å². The number of nitrogens with zero attached hydrogens (tertiary/aromatic N) is 9. The lowest BCUT2D eigenvalue weighted by Gasteiger charge is -2.37. The highest BCUT2D eigenvalue weighted by Gasteiger charge is 2.46. The number of fused-ring (bicyclic) bond motifs is 2. The topological polar surface area (TPSA) is 191 Å². The van der Waals surface area contributed by atoms with Crippen molar-refractivity contribution < 1.29 is 24.0 Å². The van der Waals surface area contributed by atoms with Crippen LogP contribution in [0.3, 0.4) is 0 Å². The molecule has 3 saturated heterocycles. The number of amides is 5. The molecule has 3 N–H and O–H groups in total. The molecule has 1 saturated carbocycles. The molecule has 0 bridgehead atoms. The summed E-state index contributed by atoms with van der Waals surface area (Å²) in [5, 5.41) is 9.02. The van der Waals surface area contributed by atoms with E-state index in [1.54, 1.807) is 24.5 Å². The van der Waals surface area contributed by atoms with Crippen molar-refractivity contribution in [1.29, 1.82) is 0 Å². The number of pyridine rings is 1. The molecule has 0 spiro atoms. The fraction of sp³-hybridized carbons (Fsp3) is 0.488. The first-order chi connectivity index (χ1) is 28.2. The van der Waals surface area contributed by atoms with Gasteiger partial charge < -0.3 is 25.0 Å². The summed E-state index contributed by atoms with van der Waals surface area (Å²) in [6, 6.07) is 10.4. The van der Waals surface area contributed by atoms with Gasteiger partial charge in [0.05, 0.1) is 23.1 Å². The van der Waals surface area contributed by atoms with Gasteiger partial charge in [-0.15, -0.1) is 0 Å². The maximum absolute atomic E-state index is 13.6. The molecule has 1 aromatic carbocycles. The molecule has 3 aromatic heterocycles. The van der Waals surface area contributed by atoms with Gasteiger partial charge >= 0.3 is 0 Å². The predicted molar refractivity (Wildman–Crippen MR) is 213 cm³/mol. The molecule has 1 unspecified atom stereocenters. The number of carbonyl (C=O) groups excluding carboxylic acids is 5. The van der Waals surface area contributed by atoms with E-state index in [1.165, 1.54) is 0 Å². The van der Waals surface area contributed by atoms with Crippen molar-refractivity contribution >= 4 is 52.2 Å². The summed E-state index contributed by atoms with van der Waals surface area (Å²) in [5.41, 5.74) is 4.23. The van der Waals surface area contributed by atoms with Crippen LogP contribution in [0.25, 0.3) is 11.2 Å². The first kappa shape index (κ1) is 37.7. The molecule has 302 valence electrons. The largest absolute Gasteiger partial charge is 0.368 e. The van der Waals surface area contributed by atoms with Crippen LogP contribution in [-0.4, -0.2) is 139 Å². The van der Waals surface area contributed by atoms with Crippen LogP contribution in [0.15, 0.2) is 49.1 Å². The lowest BCUT2D eigenvalue weighted by atomic mass is 9.86. The summed E-state index contributed by atoms with van der Waals surface area (Å²) in [7, 11) is 0. The molecule has 4 fully saturated rings. The van der Waals surface area contributed by atoms with Gasteiger partial charge in [-0.05, 0) is 82.8 Å². The molecule has 58 heavy (non-hydrogen) atoms. The van der Waals surface area contributed by atoms with Gasteiger partial charge in [-0.25, -0.2) is 19.9 Å². The van der Waals surface area contributed by atoms with E-state index in [0.717, 1.165) is 118 Å². The Morgan fingerprint density at radius 1 is 0.845 bits per heavy atom. The smallest absolute Gasteiger partial charge is 0.270 e. The minimum atomic E-state index is -0.976. The Kier molecular flexibility index (Phi) is 10.3. The van der Waals surface area contributed by atoms with Crippen LogP contribution < -0.4 is 20.9 Å². The normalized spacial score (nSPS) is 23.2. The van der Waals surface area contributed by atoms with Crippen molar-refractivity contribution in [1.82, 2.24) is 49.8 Å². The van der Waals surface area contributed by atoms with Crippen LogP contribution >= 0.6 is 0 Å². The quantitative estimate of drug-likeness (QED) is 0.188. The molecule has 1 atom stereocenters. The van der Waals surface area contributed by atoms with Crippen molar-refractivity contribution in [2.45, 2.75) is 76.0 Å². The Bertz CT molecular complexity index is 2260. The average molecular weight is 789 g/mol. The fourth-order valence-electron chi connectivity index (χ4n) is 9.07. The summed E-state index contributed by atoms with van der Waals surface area (Å²) in [4.78, 5) is 90.2. The number of piperidine rings is 2. The summed E-state index contributed by atoms with van der Waals surface area (Å²) in [6.07, 6.45) is 8.36. The second kappa shape index (κ2) is 15.9. The molecule has 17 heteroatoms. The summed E-state index contributed by atoms with van der Waals surface area (Å²) < 4.78 is 2.11. The summed E-state index contributed by atoms with van der Waals surface area (Å²) in [5.74, 6) is -1.31. The second-order valence-corrected chi connectivity index (χ2v) is 16.1. The number of hydrogen-bond acceptors (Lipinski definition) is 13. The molecule has 7 heterocycles. The third-order valence-corrected chi connectivity index (χ3v) is 12.4. The summed E-state index contributed by atoms with van der Waals surface area (Å²) in [6.45, 7) is 9.05. The Morgan fingerprint density at radius 3 is 2.36 bits per heavy atom. The van der Waals surface area contributed by atoms with E-state index in [1.807, 2.05) is 31.5 Å². The number of aryl methyl sites for hydroxylation is 1. The molecular formula is C41H48N12O5. The van der Waals surface area contributed by atoms with Gasteiger partial charge in [0.2, 0.25) is 11.8 Å². The zero-order valence-electron chi connectivity index (χ0n) is 32.6. The number of aromatic nitrogens is 5. The van der Waals surface area contributed by atoms with Crippen LogP contribution in [0.2, 0.25) is 0 Å². The number of nitrogens with one attached hydrogen (secondary N) is 3. The van der Waals surface area contributed by atoms with Crippen molar-refractivity contribution in [3.8, 4) is 0 Å². The number of piperazine rings is 1. The number of imide groups is 2. The standard InChI is InChI=1S/C41H48N12O5/c1-25-5-2-7-30(45-25)38(55)47-27-21-28(22-27)52-24-44-35-36(42-23-43-37(35)52)46-26-11-15-49(16-12-26)13-4-14-50-17-19-51(20-18-50)31-8-3-6-29-34(31)41(58)53(40(29)57)32-9-10-33(54)48-39(32)56/h2-3,5-8,23-24,26-28,32H,4,9-22H2,1H3,(H,47,55)(H,42,43,46)(H,48,54,56). The SMILES string of the molecule is Cc1cccc(C(=O)NC2CC(n3cnc4c(NC5CCN(CCCN6CCN(c7cccc8c7C(=O)N(C7CCC(=O)NC7=O)C8=O)CC6)CC5)ncnc43)C2)n1. The Hall–Kier alpha value is -5.81. The third kappa shape index (κ3) is 7.39. The first-order valence-corrected chi connectivity index (χ1v) is 20.4. The number of carbonyl (C=O) groups is 5. The van der Waals surface area contributed by atoms with E-state index in [0.29, 0.717) is 22.9 Å². The van der Waals surface area contributed by atoms with E-state index < -0.39 is 23.8 Å². The van der Waals surface area contributed by atoms with Crippen LogP contribution in [-0.2, 0) is 9.59 Å². The number of rotatable bonds is 11. The highest BCUT2D eigenvalue weighted by Crippen LogP contribution is 2.36. The van der Waals surface area contributed by atoms with Crippen molar-refractivity contribution in [2.75, 3.05) is 62.6 Å². The van der Waals surface area contributed by atoms with Crippen LogP contribution in [0.4, 0.5) is 11.5 Å². The fourth-order valence-corrected chi connectivity index (χ4v) is 9.07. The average Bonchev–Trinajstić information content (AvgIpc) is 3.75. The lowest BCUT2D eigenvalue weighted by Crippen LogP contribution is -2.54. The highest BCUT2D eigenvalue weighted by atomic mass is 16.2. The van der Waals surface area contributed by atoms with Crippen molar-refractivity contribution in [3.63, 3.8) is 0 Å². The number of imidazole rings is 1. The molecule has 1 aliphatic carbocycles. The molecule has 9 rings (SSSR count). The number of hydrogen-bond donors (Lipinski definition) is 3. The van der Waals surface area contributed by atoms with Crippen molar-refractivity contribution in [3.05, 3.63) is 71.6 Å². The highest BCUT2D eigenvalue weighted by molar-refractivity contribution is 6.25. The molecule has 4 aliphatic heterocycles. The summed E-state index contributed by atoms with van der Waals surface area (Å²) >= 11 is 0. The number of benzene rings is 1. The monoisotopic (exact) mass is 788 g/mol. The maximum atomic E-state index is 13.6. The zero-order valence-corrected chi connectivity index (χ0v) is 32.6. The van der Waals surface area contributed by atoms with Gasteiger partial charge in [0.25, 0.3) is 17.7 Å². The second-order valence-electron chi connectivity index (χ2n) is 16.1. The first-order valence-electron chi connectivity index (χ1n) is 20.4. The number of anilines is 2. The molecule has 5 amide bonds. The van der Waals surface area contributed by atoms with Crippen molar-refractivity contribution in [2.24, 2.45) is 0 Å². The zero-order chi connectivity index (χ0) is 39.9. The third-order valence-electron chi connectivity index (χ3n) is 12.4. The van der Waals surface area contributed by atoms with E-state index >= 15 is 0 Å². The molecule has 4 aromatic rings. The van der Waals surface area contributed by atoms with Gasteiger partial charge in [-0.3, -0.25) is 39.1 Å². The van der Waals surface area contributed by atoms with Crippen LogP contribution in [0.5, 0.6) is 0 Å². The van der Waals surface area contributed by atoms with Gasteiger partial charge in [-0.2, -0.15) is 0 Å². The minimum absolute atomic E-state index is 0.0815. The Balaban J connectivity index is 0.709. The Morgan fingerprint density at radius 2 is 1.60 bits per heavy atom. The van der Waals surface area contributed by atoms with E-state index in [4.69, 9.17) is 4.98 Å².